The smallest absolute Gasteiger partial charge is 0.331 e. The van der Waals surface area contributed by atoms with Crippen LogP contribution in [-0.4, -0.2) is 33.5 Å². The van der Waals surface area contributed by atoms with E-state index >= 15 is 0 Å². The van der Waals surface area contributed by atoms with Crippen LogP contribution in [0.5, 0.6) is 0 Å². The van der Waals surface area contributed by atoms with Gasteiger partial charge in [0, 0.05) is 5.57 Å². The molecule has 4 heteroatoms. The van der Waals surface area contributed by atoms with Crippen LogP contribution < -0.4 is 0 Å². The molecule has 0 saturated heterocycles. The molecule has 0 aliphatic heterocycles. The van der Waals surface area contributed by atoms with Crippen molar-refractivity contribution in [1.29, 1.82) is 0 Å². The summed E-state index contributed by atoms with van der Waals surface area (Å²) >= 11 is 0. The molecule has 4 aliphatic carbocycles. The first-order chi connectivity index (χ1) is 15.7. The molecule has 0 radical (unpaired) electrons. The first-order valence-electron chi connectivity index (χ1n) is 13.7. The summed E-state index contributed by atoms with van der Waals surface area (Å²) in [4.78, 5) is 11.2. The van der Waals surface area contributed by atoms with Gasteiger partial charge in [0.05, 0.1) is 12.2 Å². The van der Waals surface area contributed by atoms with E-state index in [1.54, 1.807) is 12.5 Å². The highest BCUT2D eigenvalue weighted by Crippen LogP contribution is 2.73. The highest BCUT2D eigenvalue weighted by molar-refractivity contribution is 5.85. The Hall–Kier alpha value is -1.13. The third-order valence-electron chi connectivity index (χ3n) is 12.0. The number of hydrogen-bond acceptors (Lipinski definition) is 3. The molecule has 0 bridgehead atoms. The van der Waals surface area contributed by atoms with Gasteiger partial charge in [0.15, 0.2) is 0 Å². The number of aliphatic hydroxyl groups excluding tert-OH is 2. The quantitative estimate of drug-likeness (QED) is 0.321. The van der Waals surface area contributed by atoms with Crippen LogP contribution in [0.2, 0.25) is 0 Å². The largest absolute Gasteiger partial charge is 0.478 e. The van der Waals surface area contributed by atoms with Crippen LogP contribution in [0, 0.1) is 45.3 Å². The van der Waals surface area contributed by atoms with Crippen molar-refractivity contribution >= 4 is 5.97 Å². The molecule has 0 aromatic rings. The molecule has 4 aliphatic rings. The standard InChI is InChI=1S/C30H48O4/c1-18(16-20(31)17-19(2)26(33)34)21-10-14-30(7)23-8-9-24-27(3,4)25(32)12-13-28(24,5)22(23)11-15-29(21,30)6/h8,17-18,20-22,24-25,31-32H,9-16H2,1-7H3,(H,33,34)/b19-17+/t18-,20-,21-,22-,24+,25+,28-,29-,30+/m1/s1. The van der Waals surface area contributed by atoms with Gasteiger partial charge in [0.25, 0.3) is 0 Å². The second-order valence-electron chi connectivity index (χ2n) is 13.8. The van der Waals surface area contributed by atoms with Gasteiger partial charge >= 0.3 is 5.97 Å². The summed E-state index contributed by atoms with van der Waals surface area (Å²) in [5.41, 5.74) is 2.52. The summed E-state index contributed by atoms with van der Waals surface area (Å²) in [6.07, 6.45) is 11.7. The van der Waals surface area contributed by atoms with E-state index in [4.69, 9.17) is 5.11 Å². The lowest BCUT2D eigenvalue weighted by Gasteiger charge is -2.64. The fourth-order valence-corrected chi connectivity index (χ4v) is 9.63. The van der Waals surface area contributed by atoms with Crippen LogP contribution in [-0.2, 0) is 4.79 Å². The van der Waals surface area contributed by atoms with Crippen LogP contribution in [0.4, 0.5) is 0 Å². The van der Waals surface area contributed by atoms with Crippen molar-refractivity contribution in [3.05, 3.63) is 23.3 Å². The van der Waals surface area contributed by atoms with Crippen LogP contribution in [0.25, 0.3) is 0 Å². The van der Waals surface area contributed by atoms with Gasteiger partial charge in [-0.05, 0) is 110 Å². The van der Waals surface area contributed by atoms with Crippen LogP contribution >= 0.6 is 0 Å². The van der Waals surface area contributed by atoms with E-state index in [9.17, 15) is 15.0 Å². The van der Waals surface area contributed by atoms with Crippen molar-refractivity contribution in [2.75, 3.05) is 0 Å². The lowest BCUT2D eigenvalue weighted by molar-refractivity contribution is -0.132. The maximum atomic E-state index is 11.2. The molecular weight excluding hydrogens is 424 g/mol. The van der Waals surface area contributed by atoms with Crippen molar-refractivity contribution in [2.24, 2.45) is 45.3 Å². The summed E-state index contributed by atoms with van der Waals surface area (Å²) < 4.78 is 0. The second kappa shape index (κ2) is 8.47. The van der Waals surface area contributed by atoms with Crippen molar-refractivity contribution in [1.82, 2.24) is 0 Å². The Morgan fingerprint density at radius 2 is 1.79 bits per heavy atom. The second-order valence-corrected chi connectivity index (χ2v) is 13.8. The molecular formula is C30H48O4. The zero-order chi connectivity index (χ0) is 25.3. The topological polar surface area (TPSA) is 77.8 Å². The summed E-state index contributed by atoms with van der Waals surface area (Å²) in [6, 6.07) is 0. The zero-order valence-electron chi connectivity index (χ0n) is 22.5. The van der Waals surface area contributed by atoms with Gasteiger partial charge in [-0.1, -0.05) is 53.2 Å². The molecule has 192 valence electrons. The van der Waals surface area contributed by atoms with Gasteiger partial charge in [0.1, 0.15) is 0 Å². The Labute approximate surface area is 206 Å². The van der Waals surface area contributed by atoms with E-state index in [1.807, 2.05) is 0 Å². The maximum Gasteiger partial charge on any atom is 0.331 e. The average molecular weight is 473 g/mol. The normalized spacial score (nSPS) is 45.4. The molecule has 0 aromatic heterocycles. The van der Waals surface area contributed by atoms with E-state index in [1.165, 1.54) is 31.8 Å². The molecule has 3 N–H and O–H groups in total. The fourth-order valence-electron chi connectivity index (χ4n) is 9.63. The third-order valence-corrected chi connectivity index (χ3v) is 12.0. The summed E-state index contributed by atoms with van der Waals surface area (Å²) in [6.45, 7) is 15.9. The van der Waals surface area contributed by atoms with Gasteiger partial charge in [-0.25, -0.2) is 4.79 Å². The molecule has 3 fully saturated rings. The average Bonchev–Trinajstić information content (AvgIpc) is 3.02. The predicted octanol–water partition coefficient (Wildman–Crippen LogP) is 6.37. The SMILES string of the molecule is C/C(=C\[C@H](O)C[C@@H](C)[C@H]1CC[C@@]2(C)C3=CC[C@H]4C(C)(C)[C@@H](O)CC[C@]4(C)[C@@H]3CC[C@]12C)C(=O)O. The summed E-state index contributed by atoms with van der Waals surface area (Å²) in [5.74, 6) is 1.05. The van der Waals surface area contributed by atoms with Gasteiger partial charge in [-0.3, -0.25) is 0 Å². The molecule has 0 unspecified atom stereocenters. The third kappa shape index (κ3) is 3.65. The number of carboxylic acid groups (broad SMARTS) is 1. The Balaban J connectivity index is 1.60. The Morgan fingerprint density at radius 1 is 1.12 bits per heavy atom. The van der Waals surface area contributed by atoms with E-state index in [-0.39, 0.29) is 33.3 Å². The number of hydrogen-bond donors (Lipinski definition) is 3. The van der Waals surface area contributed by atoms with Gasteiger partial charge in [0.2, 0.25) is 0 Å². The zero-order valence-corrected chi connectivity index (χ0v) is 22.5. The van der Waals surface area contributed by atoms with Crippen LogP contribution in [0.15, 0.2) is 23.3 Å². The van der Waals surface area contributed by atoms with Crippen molar-refractivity contribution < 1.29 is 20.1 Å². The molecule has 34 heavy (non-hydrogen) atoms. The number of fused-ring (bicyclic) bond motifs is 5. The highest BCUT2D eigenvalue weighted by atomic mass is 16.4. The van der Waals surface area contributed by atoms with Crippen LogP contribution in [0.1, 0.15) is 99.8 Å². The predicted molar refractivity (Wildman–Crippen MR) is 136 cm³/mol. The van der Waals surface area contributed by atoms with Crippen molar-refractivity contribution in [3.63, 3.8) is 0 Å². The first-order valence-corrected chi connectivity index (χ1v) is 13.7. The Kier molecular flexibility index (Phi) is 6.47. The minimum atomic E-state index is -0.958. The molecule has 9 atom stereocenters. The fraction of sp³-hybridized carbons (Fsp3) is 0.833. The maximum absolute atomic E-state index is 11.2. The van der Waals surface area contributed by atoms with E-state index in [2.05, 4.69) is 47.6 Å². The number of aliphatic hydroxyl groups is 2. The molecule has 0 heterocycles. The number of aliphatic carboxylic acids is 1. The summed E-state index contributed by atoms with van der Waals surface area (Å²) in [5, 5.41) is 30.6. The molecule has 4 rings (SSSR count). The minimum Gasteiger partial charge on any atom is -0.478 e. The molecule has 0 spiro atoms. The van der Waals surface area contributed by atoms with Gasteiger partial charge < -0.3 is 15.3 Å². The number of allylic oxidation sites excluding steroid dienone is 2. The van der Waals surface area contributed by atoms with E-state index < -0.39 is 12.1 Å². The number of carboxylic acids is 1. The molecule has 0 amide bonds. The minimum absolute atomic E-state index is 0.0405. The van der Waals surface area contributed by atoms with Crippen molar-refractivity contribution in [3.8, 4) is 0 Å². The van der Waals surface area contributed by atoms with Gasteiger partial charge in [-0.2, -0.15) is 0 Å². The summed E-state index contributed by atoms with van der Waals surface area (Å²) in [7, 11) is 0. The molecule has 0 aromatic carbocycles. The van der Waals surface area contributed by atoms with Gasteiger partial charge in [-0.15, -0.1) is 0 Å². The van der Waals surface area contributed by atoms with E-state index in [0.717, 1.165) is 19.3 Å². The van der Waals surface area contributed by atoms with Crippen LogP contribution in [0.3, 0.4) is 0 Å². The molecule has 4 nitrogen and oxygen atoms in total. The van der Waals surface area contributed by atoms with E-state index in [0.29, 0.717) is 30.1 Å². The Bertz CT molecular complexity index is 886. The lowest BCUT2D eigenvalue weighted by Crippen LogP contribution is -2.58. The highest BCUT2D eigenvalue weighted by Gasteiger charge is 2.65. The first kappa shape index (κ1) is 25.9. The number of carbonyl (C=O) groups is 1. The Morgan fingerprint density at radius 3 is 2.44 bits per heavy atom. The molecule has 3 saturated carbocycles. The monoisotopic (exact) mass is 472 g/mol. The number of rotatable bonds is 5. The van der Waals surface area contributed by atoms with Crippen molar-refractivity contribution in [2.45, 2.75) is 112 Å². The lowest BCUT2D eigenvalue weighted by atomic mass is 9.41.